The summed E-state index contributed by atoms with van der Waals surface area (Å²) in [4.78, 5) is 12.0. The molecule has 2 rings (SSSR count). The third-order valence-electron chi connectivity index (χ3n) is 3.02. The van der Waals surface area contributed by atoms with E-state index < -0.39 is 0 Å². The molecule has 0 atom stereocenters. The number of hydrogen-bond donors (Lipinski definition) is 2. The van der Waals surface area contributed by atoms with Crippen molar-refractivity contribution in [2.24, 2.45) is 0 Å². The predicted octanol–water partition coefficient (Wildman–Crippen LogP) is 1.64. The number of rotatable bonds is 3. The summed E-state index contributed by atoms with van der Waals surface area (Å²) in [5, 5.41) is 6.23. The summed E-state index contributed by atoms with van der Waals surface area (Å²) >= 11 is 0. The van der Waals surface area contributed by atoms with Gasteiger partial charge in [-0.1, -0.05) is 29.8 Å². The van der Waals surface area contributed by atoms with Gasteiger partial charge in [-0.25, -0.2) is 0 Å². The van der Waals surface area contributed by atoms with Gasteiger partial charge in [0.25, 0.3) is 5.91 Å². The summed E-state index contributed by atoms with van der Waals surface area (Å²) in [5.41, 5.74) is 3.09. The van der Waals surface area contributed by atoms with Gasteiger partial charge < -0.3 is 10.6 Å². The van der Waals surface area contributed by atoms with Crippen LogP contribution in [0.3, 0.4) is 0 Å². The van der Waals surface area contributed by atoms with E-state index >= 15 is 0 Å². The van der Waals surface area contributed by atoms with Crippen molar-refractivity contribution < 1.29 is 4.79 Å². The second kappa shape index (κ2) is 5.64. The molecular weight excluding hydrogens is 212 g/mol. The van der Waals surface area contributed by atoms with E-state index in [0.29, 0.717) is 6.54 Å². The molecule has 90 valence electrons. The lowest BCUT2D eigenvalue weighted by Crippen LogP contribution is -2.29. The van der Waals surface area contributed by atoms with E-state index in [0.717, 1.165) is 30.6 Å². The number of aryl methyl sites for hydroxylation is 1. The first-order valence-electron chi connectivity index (χ1n) is 6.00. The van der Waals surface area contributed by atoms with Crippen LogP contribution in [0.25, 0.3) is 0 Å². The minimum absolute atomic E-state index is 0.0162. The maximum Gasteiger partial charge on any atom is 0.251 e. The normalized spacial score (nSPS) is 15.2. The molecule has 0 aliphatic carbocycles. The van der Waals surface area contributed by atoms with Crippen molar-refractivity contribution in [3.8, 4) is 0 Å². The molecule has 1 amide bonds. The molecule has 0 saturated carbocycles. The SMILES string of the molecule is Cc1ccccc1C(=O)NCC1=CCNCC1. The molecule has 1 aliphatic rings. The fourth-order valence-electron chi connectivity index (χ4n) is 1.95. The Morgan fingerprint density at radius 1 is 1.41 bits per heavy atom. The highest BCUT2D eigenvalue weighted by atomic mass is 16.1. The summed E-state index contributed by atoms with van der Waals surface area (Å²) in [6.07, 6.45) is 3.18. The van der Waals surface area contributed by atoms with Crippen molar-refractivity contribution in [1.29, 1.82) is 0 Å². The molecule has 1 heterocycles. The Morgan fingerprint density at radius 3 is 2.94 bits per heavy atom. The third kappa shape index (κ3) is 3.17. The second-order valence-electron chi connectivity index (χ2n) is 4.31. The molecule has 1 aliphatic heterocycles. The Hall–Kier alpha value is -1.61. The fourth-order valence-corrected chi connectivity index (χ4v) is 1.95. The van der Waals surface area contributed by atoms with E-state index in [1.165, 1.54) is 5.57 Å². The van der Waals surface area contributed by atoms with Crippen molar-refractivity contribution in [1.82, 2.24) is 10.6 Å². The lowest BCUT2D eigenvalue weighted by Gasteiger charge is -2.15. The molecule has 3 heteroatoms. The molecule has 0 bridgehead atoms. The van der Waals surface area contributed by atoms with Gasteiger partial charge in [0.05, 0.1) is 0 Å². The fraction of sp³-hybridized carbons (Fsp3) is 0.357. The summed E-state index contributed by atoms with van der Waals surface area (Å²) in [7, 11) is 0. The number of carbonyl (C=O) groups excluding carboxylic acids is 1. The molecular formula is C14H18N2O. The maximum absolute atomic E-state index is 12.0. The Balaban J connectivity index is 1.93. The smallest absolute Gasteiger partial charge is 0.251 e. The molecule has 0 radical (unpaired) electrons. The third-order valence-corrected chi connectivity index (χ3v) is 3.02. The van der Waals surface area contributed by atoms with Crippen molar-refractivity contribution in [3.05, 3.63) is 47.0 Å². The average molecular weight is 230 g/mol. The molecule has 0 spiro atoms. The number of benzene rings is 1. The zero-order valence-corrected chi connectivity index (χ0v) is 10.1. The highest BCUT2D eigenvalue weighted by Gasteiger charge is 2.09. The van der Waals surface area contributed by atoms with Gasteiger partial charge in [-0.05, 0) is 31.5 Å². The quantitative estimate of drug-likeness (QED) is 0.775. The van der Waals surface area contributed by atoms with Crippen molar-refractivity contribution in [3.63, 3.8) is 0 Å². The van der Waals surface area contributed by atoms with Crippen molar-refractivity contribution >= 4 is 5.91 Å². The molecule has 1 aromatic carbocycles. The molecule has 0 unspecified atom stereocenters. The van der Waals surface area contributed by atoms with Crippen LogP contribution in [-0.2, 0) is 0 Å². The molecule has 2 N–H and O–H groups in total. The predicted molar refractivity (Wildman–Crippen MR) is 69.1 cm³/mol. The molecule has 0 fully saturated rings. The van der Waals surface area contributed by atoms with Crippen LogP contribution >= 0.6 is 0 Å². The van der Waals surface area contributed by atoms with Gasteiger partial charge in [0.2, 0.25) is 0 Å². The zero-order chi connectivity index (χ0) is 12.1. The number of hydrogen-bond acceptors (Lipinski definition) is 2. The van der Waals surface area contributed by atoms with E-state index in [1.807, 2.05) is 31.2 Å². The summed E-state index contributed by atoms with van der Waals surface area (Å²) < 4.78 is 0. The first kappa shape index (κ1) is 11.9. The first-order valence-corrected chi connectivity index (χ1v) is 6.00. The summed E-state index contributed by atoms with van der Waals surface area (Å²) in [5.74, 6) is 0.0162. The largest absolute Gasteiger partial charge is 0.348 e. The van der Waals surface area contributed by atoms with Crippen LogP contribution < -0.4 is 10.6 Å². The lowest BCUT2D eigenvalue weighted by atomic mass is 10.1. The maximum atomic E-state index is 12.0. The van der Waals surface area contributed by atoms with Gasteiger partial charge in [-0.2, -0.15) is 0 Å². The van der Waals surface area contributed by atoms with Gasteiger partial charge in [0, 0.05) is 18.7 Å². The standard InChI is InChI=1S/C14H18N2O/c1-11-4-2-3-5-13(11)14(17)16-10-12-6-8-15-9-7-12/h2-6,15H,7-10H2,1H3,(H,16,17). The molecule has 0 saturated heterocycles. The summed E-state index contributed by atoms with van der Waals surface area (Å²) in [6, 6.07) is 7.66. The lowest BCUT2D eigenvalue weighted by molar-refractivity contribution is 0.0956. The van der Waals surface area contributed by atoms with Crippen LogP contribution in [0.1, 0.15) is 22.3 Å². The van der Waals surface area contributed by atoms with E-state index in [9.17, 15) is 4.79 Å². The van der Waals surface area contributed by atoms with Gasteiger partial charge >= 0.3 is 0 Å². The van der Waals surface area contributed by atoms with E-state index in [4.69, 9.17) is 0 Å². The Morgan fingerprint density at radius 2 is 2.24 bits per heavy atom. The minimum atomic E-state index is 0.0162. The van der Waals surface area contributed by atoms with Crippen LogP contribution in [0.5, 0.6) is 0 Å². The molecule has 0 aromatic heterocycles. The van der Waals surface area contributed by atoms with E-state index in [1.54, 1.807) is 0 Å². The number of nitrogens with one attached hydrogen (secondary N) is 2. The van der Waals surface area contributed by atoms with Gasteiger partial charge in [-0.15, -0.1) is 0 Å². The van der Waals surface area contributed by atoms with Crippen LogP contribution in [-0.4, -0.2) is 25.5 Å². The Labute approximate surface area is 102 Å². The van der Waals surface area contributed by atoms with Gasteiger partial charge in [-0.3, -0.25) is 4.79 Å². The first-order chi connectivity index (χ1) is 8.27. The zero-order valence-electron chi connectivity index (χ0n) is 10.1. The number of carbonyl (C=O) groups is 1. The second-order valence-corrected chi connectivity index (χ2v) is 4.31. The van der Waals surface area contributed by atoms with Crippen LogP contribution in [0.4, 0.5) is 0 Å². The molecule has 1 aromatic rings. The average Bonchev–Trinajstić information content (AvgIpc) is 2.38. The van der Waals surface area contributed by atoms with E-state index in [2.05, 4.69) is 16.7 Å². The summed E-state index contributed by atoms with van der Waals surface area (Å²) in [6.45, 7) is 4.54. The van der Waals surface area contributed by atoms with Crippen LogP contribution in [0, 0.1) is 6.92 Å². The molecule has 17 heavy (non-hydrogen) atoms. The van der Waals surface area contributed by atoms with Crippen molar-refractivity contribution in [2.45, 2.75) is 13.3 Å². The number of amides is 1. The van der Waals surface area contributed by atoms with Gasteiger partial charge in [0.15, 0.2) is 0 Å². The minimum Gasteiger partial charge on any atom is -0.348 e. The monoisotopic (exact) mass is 230 g/mol. The van der Waals surface area contributed by atoms with Gasteiger partial charge in [0.1, 0.15) is 0 Å². The van der Waals surface area contributed by atoms with Crippen molar-refractivity contribution in [2.75, 3.05) is 19.6 Å². The Kier molecular flexibility index (Phi) is 3.94. The Bertz CT molecular complexity index is 438. The van der Waals surface area contributed by atoms with Crippen LogP contribution in [0.2, 0.25) is 0 Å². The topological polar surface area (TPSA) is 41.1 Å². The van der Waals surface area contributed by atoms with E-state index in [-0.39, 0.29) is 5.91 Å². The molecule has 3 nitrogen and oxygen atoms in total. The highest BCUT2D eigenvalue weighted by Crippen LogP contribution is 2.07. The van der Waals surface area contributed by atoms with Crippen LogP contribution in [0.15, 0.2) is 35.9 Å². The highest BCUT2D eigenvalue weighted by molar-refractivity contribution is 5.95.